The summed E-state index contributed by atoms with van der Waals surface area (Å²) in [6.45, 7) is 13.1. The normalized spacial score (nSPS) is 35.7. The van der Waals surface area contributed by atoms with Crippen molar-refractivity contribution >= 4 is 23.4 Å². The number of anilines is 2. The summed E-state index contributed by atoms with van der Waals surface area (Å²) in [5.41, 5.74) is 9.46. The standard InChI is InChI=1S/C24H34N4O3/c1-13-14(2)28(15(3)29)18-8-7-16(9-17(18)21(13)25)26-11-20-24(10-19(24)26)12-27(20)22(30)31-23(4,5)6/h7-9,13-14,19-21H,10-12,25H2,1-6H3. The van der Waals surface area contributed by atoms with Crippen molar-refractivity contribution in [1.82, 2.24) is 4.90 Å². The molecule has 31 heavy (non-hydrogen) atoms. The van der Waals surface area contributed by atoms with Crippen molar-refractivity contribution < 1.29 is 14.3 Å². The molecule has 5 rings (SSSR count). The number of hydrogen-bond donors (Lipinski definition) is 1. The zero-order chi connectivity index (χ0) is 22.5. The number of carbonyl (C=O) groups excluding carboxylic acids is 2. The number of likely N-dealkylation sites (tertiary alicyclic amines) is 1. The van der Waals surface area contributed by atoms with Crippen LogP contribution in [-0.2, 0) is 9.53 Å². The fraction of sp³-hybridized carbons (Fsp3) is 0.667. The predicted octanol–water partition coefficient (Wildman–Crippen LogP) is 3.28. The molecule has 1 aromatic rings. The molecule has 0 bridgehead atoms. The Balaban J connectivity index is 1.40. The number of fused-ring (bicyclic) bond motifs is 1. The van der Waals surface area contributed by atoms with E-state index in [1.54, 1.807) is 6.92 Å². The summed E-state index contributed by atoms with van der Waals surface area (Å²) >= 11 is 0. The van der Waals surface area contributed by atoms with Gasteiger partial charge < -0.3 is 25.2 Å². The van der Waals surface area contributed by atoms with Crippen LogP contribution in [0.25, 0.3) is 0 Å². The minimum Gasteiger partial charge on any atom is -0.444 e. The van der Waals surface area contributed by atoms with Crippen molar-refractivity contribution in [3.8, 4) is 0 Å². The minimum absolute atomic E-state index is 0.0496. The Bertz CT molecular complexity index is 957. The molecule has 6 atom stereocenters. The lowest BCUT2D eigenvalue weighted by Gasteiger charge is -2.46. The molecule has 1 saturated carbocycles. The topological polar surface area (TPSA) is 79.1 Å². The number of amides is 2. The van der Waals surface area contributed by atoms with E-state index in [1.165, 1.54) is 0 Å². The Hall–Kier alpha value is -2.28. The summed E-state index contributed by atoms with van der Waals surface area (Å²) in [6, 6.07) is 6.98. The van der Waals surface area contributed by atoms with Gasteiger partial charge in [0.25, 0.3) is 0 Å². The van der Waals surface area contributed by atoms with Gasteiger partial charge in [-0.1, -0.05) is 6.92 Å². The molecule has 0 radical (unpaired) electrons. The molecule has 7 heteroatoms. The van der Waals surface area contributed by atoms with Gasteiger partial charge in [-0.05, 0) is 63.8 Å². The third-order valence-corrected chi connectivity index (χ3v) is 7.99. The van der Waals surface area contributed by atoms with Gasteiger partial charge in [-0.3, -0.25) is 4.79 Å². The van der Waals surface area contributed by atoms with E-state index in [4.69, 9.17) is 10.5 Å². The van der Waals surface area contributed by atoms with E-state index in [0.29, 0.717) is 6.04 Å². The molecule has 2 saturated heterocycles. The molecule has 1 spiro atoms. The van der Waals surface area contributed by atoms with Gasteiger partial charge in [-0.25, -0.2) is 4.79 Å². The summed E-state index contributed by atoms with van der Waals surface area (Å²) < 4.78 is 5.61. The van der Waals surface area contributed by atoms with Gasteiger partial charge in [0, 0.05) is 54.9 Å². The fourth-order valence-corrected chi connectivity index (χ4v) is 6.07. The average molecular weight is 427 g/mol. The lowest BCUT2D eigenvalue weighted by atomic mass is 9.83. The number of nitrogens with zero attached hydrogens (tertiary/aromatic N) is 3. The molecule has 6 unspecified atom stereocenters. The molecule has 3 aliphatic heterocycles. The molecule has 0 aromatic heterocycles. The van der Waals surface area contributed by atoms with Crippen LogP contribution in [0.1, 0.15) is 59.6 Å². The molecule has 4 aliphatic rings. The van der Waals surface area contributed by atoms with Crippen molar-refractivity contribution in [2.45, 2.75) is 77.7 Å². The second-order valence-corrected chi connectivity index (χ2v) is 11.0. The van der Waals surface area contributed by atoms with Crippen LogP contribution in [0.5, 0.6) is 0 Å². The van der Waals surface area contributed by atoms with Crippen molar-refractivity contribution in [2.24, 2.45) is 17.1 Å². The Morgan fingerprint density at radius 1 is 1.19 bits per heavy atom. The number of piperidine rings is 1. The monoisotopic (exact) mass is 426 g/mol. The van der Waals surface area contributed by atoms with Crippen LogP contribution in [0.4, 0.5) is 16.2 Å². The van der Waals surface area contributed by atoms with Crippen LogP contribution in [0.3, 0.4) is 0 Å². The van der Waals surface area contributed by atoms with Crippen molar-refractivity contribution in [3.05, 3.63) is 23.8 Å². The third kappa shape index (κ3) is 2.89. The number of benzene rings is 1. The third-order valence-electron chi connectivity index (χ3n) is 7.99. The molecule has 3 fully saturated rings. The SMILES string of the molecule is CC(=O)N1c2ccc(N3CC4N(C(=O)OC(C)(C)C)CC45CC35)cc2C(N)C(C)C1C. The summed E-state index contributed by atoms with van der Waals surface area (Å²) in [5, 5.41) is 0. The van der Waals surface area contributed by atoms with Gasteiger partial charge in [0.15, 0.2) is 0 Å². The van der Waals surface area contributed by atoms with Crippen LogP contribution >= 0.6 is 0 Å². The summed E-state index contributed by atoms with van der Waals surface area (Å²) in [7, 11) is 0. The van der Waals surface area contributed by atoms with Gasteiger partial charge in [0.2, 0.25) is 5.91 Å². The van der Waals surface area contributed by atoms with Crippen molar-refractivity contribution in [1.29, 1.82) is 0 Å². The maximum absolute atomic E-state index is 12.6. The fourth-order valence-electron chi connectivity index (χ4n) is 6.07. The van der Waals surface area contributed by atoms with E-state index >= 15 is 0 Å². The van der Waals surface area contributed by atoms with Crippen molar-refractivity contribution in [2.75, 3.05) is 22.9 Å². The lowest BCUT2D eigenvalue weighted by molar-refractivity contribution is -0.117. The van der Waals surface area contributed by atoms with E-state index in [-0.39, 0.29) is 41.5 Å². The minimum atomic E-state index is -0.480. The van der Waals surface area contributed by atoms with Crippen molar-refractivity contribution in [3.63, 3.8) is 0 Å². The van der Waals surface area contributed by atoms with Crippen LogP contribution in [0.15, 0.2) is 18.2 Å². The molecule has 3 heterocycles. The van der Waals surface area contributed by atoms with Gasteiger partial charge in [0.05, 0.1) is 6.04 Å². The first-order valence-corrected chi connectivity index (χ1v) is 11.4. The van der Waals surface area contributed by atoms with Crippen LogP contribution < -0.4 is 15.5 Å². The second-order valence-electron chi connectivity index (χ2n) is 11.0. The van der Waals surface area contributed by atoms with E-state index in [2.05, 4.69) is 36.9 Å². The van der Waals surface area contributed by atoms with Crippen LogP contribution in [0.2, 0.25) is 0 Å². The van der Waals surface area contributed by atoms with E-state index in [0.717, 1.165) is 36.4 Å². The maximum Gasteiger partial charge on any atom is 0.410 e. The Morgan fingerprint density at radius 2 is 1.90 bits per heavy atom. The number of nitrogens with two attached hydrogens (primary N) is 1. The van der Waals surface area contributed by atoms with E-state index in [1.807, 2.05) is 30.6 Å². The van der Waals surface area contributed by atoms with Crippen LogP contribution in [0, 0.1) is 11.3 Å². The first-order chi connectivity index (χ1) is 14.4. The molecular weight excluding hydrogens is 392 g/mol. The Kier molecular flexibility index (Phi) is 4.24. The van der Waals surface area contributed by atoms with Gasteiger partial charge in [-0.2, -0.15) is 0 Å². The molecule has 2 amide bonds. The number of rotatable bonds is 1. The lowest BCUT2D eigenvalue weighted by Crippen LogP contribution is -2.61. The summed E-state index contributed by atoms with van der Waals surface area (Å²) in [6.07, 6.45) is 0.913. The highest BCUT2D eigenvalue weighted by atomic mass is 16.6. The second kappa shape index (κ2) is 6.37. The quantitative estimate of drug-likeness (QED) is 0.746. The number of ether oxygens (including phenoxy) is 1. The molecule has 168 valence electrons. The van der Waals surface area contributed by atoms with Crippen LogP contribution in [-0.4, -0.2) is 53.7 Å². The first kappa shape index (κ1) is 20.6. The summed E-state index contributed by atoms with van der Waals surface area (Å²) in [5.74, 6) is 0.227. The average Bonchev–Trinajstić information content (AvgIpc) is 3.35. The first-order valence-electron chi connectivity index (χ1n) is 11.4. The Labute approximate surface area is 184 Å². The van der Waals surface area contributed by atoms with Gasteiger partial charge in [0.1, 0.15) is 5.60 Å². The maximum atomic E-state index is 12.6. The van der Waals surface area contributed by atoms with Gasteiger partial charge in [-0.15, -0.1) is 0 Å². The Morgan fingerprint density at radius 3 is 2.55 bits per heavy atom. The number of hydrogen-bond acceptors (Lipinski definition) is 5. The highest BCUT2D eigenvalue weighted by molar-refractivity contribution is 5.94. The smallest absolute Gasteiger partial charge is 0.410 e. The zero-order valence-corrected chi connectivity index (χ0v) is 19.4. The predicted molar refractivity (Wildman–Crippen MR) is 120 cm³/mol. The number of carbonyl (C=O) groups is 2. The van der Waals surface area contributed by atoms with Gasteiger partial charge >= 0.3 is 6.09 Å². The highest BCUT2D eigenvalue weighted by Crippen LogP contribution is 2.65. The zero-order valence-electron chi connectivity index (χ0n) is 19.4. The molecule has 2 N–H and O–H groups in total. The largest absolute Gasteiger partial charge is 0.444 e. The highest BCUT2D eigenvalue weighted by Gasteiger charge is 2.75. The molecule has 1 aromatic carbocycles. The molecule has 1 aliphatic carbocycles. The summed E-state index contributed by atoms with van der Waals surface area (Å²) in [4.78, 5) is 31.2. The molecule has 7 nitrogen and oxygen atoms in total. The van der Waals surface area contributed by atoms with E-state index in [9.17, 15) is 9.59 Å². The molecular formula is C24H34N4O3. The van der Waals surface area contributed by atoms with E-state index < -0.39 is 5.60 Å².